The smallest absolute Gasteiger partial charge is 0.128 e. The van der Waals surface area contributed by atoms with Crippen molar-refractivity contribution in [2.75, 3.05) is 0 Å². The molecule has 2 unspecified atom stereocenters. The summed E-state index contributed by atoms with van der Waals surface area (Å²) in [4.78, 5) is 4.72. The van der Waals surface area contributed by atoms with Crippen molar-refractivity contribution in [3.05, 3.63) is 23.8 Å². The SMILES string of the molecule is CC1CCC(C)CC(CC(C)(C)N=Cc2ccc(O)cc2O)C1. The molecule has 3 heteroatoms. The van der Waals surface area contributed by atoms with Crippen LogP contribution in [0.15, 0.2) is 23.2 Å². The van der Waals surface area contributed by atoms with Gasteiger partial charge >= 0.3 is 0 Å². The third-order valence-electron chi connectivity index (χ3n) is 4.98. The van der Waals surface area contributed by atoms with E-state index in [0.717, 1.165) is 24.2 Å². The highest BCUT2D eigenvalue weighted by Gasteiger charge is 2.27. The van der Waals surface area contributed by atoms with E-state index >= 15 is 0 Å². The second-order valence-electron chi connectivity index (χ2n) is 8.14. The summed E-state index contributed by atoms with van der Waals surface area (Å²) in [6.07, 6.45) is 8.11. The average molecular weight is 317 g/mol. The molecule has 1 aromatic rings. The summed E-state index contributed by atoms with van der Waals surface area (Å²) >= 11 is 0. The largest absolute Gasteiger partial charge is 0.508 e. The highest BCUT2D eigenvalue weighted by molar-refractivity contribution is 5.83. The van der Waals surface area contributed by atoms with Gasteiger partial charge in [0.1, 0.15) is 11.5 Å². The van der Waals surface area contributed by atoms with Gasteiger partial charge in [-0.05, 0) is 63.0 Å². The molecule has 2 N–H and O–H groups in total. The molecule has 1 fully saturated rings. The molecule has 2 rings (SSSR count). The summed E-state index contributed by atoms with van der Waals surface area (Å²) in [5.74, 6) is 2.49. The molecule has 1 aliphatic carbocycles. The highest BCUT2D eigenvalue weighted by Crippen LogP contribution is 2.36. The van der Waals surface area contributed by atoms with Gasteiger partial charge in [0.05, 0.1) is 5.54 Å². The minimum atomic E-state index is -0.140. The van der Waals surface area contributed by atoms with Gasteiger partial charge in [-0.25, -0.2) is 0 Å². The lowest BCUT2D eigenvalue weighted by molar-refractivity contribution is 0.292. The van der Waals surface area contributed by atoms with E-state index in [1.807, 2.05) is 0 Å². The first-order chi connectivity index (χ1) is 10.7. The van der Waals surface area contributed by atoms with Crippen LogP contribution in [-0.2, 0) is 0 Å². The fourth-order valence-corrected chi connectivity index (χ4v) is 3.85. The number of aromatic hydroxyl groups is 2. The van der Waals surface area contributed by atoms with E-state index < -0.39 is 0 Å². The Morgan fingerprint density at radius 3 is 2.30 bits per heavy atom. The van der Waals surface area contributed by atoms with E-state index in [0.29, 0.717) is 5.56 Å². The first-order valence-electron chi connectivity index (χ1n) is 8.82. The molecule has 0 spiro atoms. The summed E-state index contributed by atoms with van der Waals surface area (Å²) in [7, 11) is 0. The predicted molar refractivity (Wildman–Crippen MR) is 96.3 cm³/mol. The van der Waals surface area contributed by atoms with Crippen molar-refractivity contribution in [3.8, 4) is 11.5 Å². The molecule has 1 aliphatic rings. The molecular weight excluding hydrogens is 286 g/mol. The van der Waals surface area contributed by atoms with Gasteiger partial charge in [-0.15, -0.1) is 0 Å². The van der Waals surface area contributed by atoms with Crippen molar-refractivity contribution in [1.29, 1.82) is 0 Å². The van der Waals surface area contributed by atoms with E-state index in [9.17, 15) is 10.2 Å². The number of phenolic OH excluding ortho intramolecular Hbond substituents is 2. The Balaban J connectivity index is 2.04. The molecule has 0 bridgehead atoms. The molecule has 2 atom stereocenters. The summed E-state index contributed by atoms with van der Waals surface area (Å²) < 4.78 is 0. The molecule has 0 saturated heterocycles. The lowest BCUT2D eigenvalue weighted by atomic mass is 9.83. The molecule has 0 amide bonds. The van der Waals surface area contributed by atoms with Crippen LogP contribution in [-0.4, -0.2) is 22.0 Å². The van der Waals surface area contributed by atoms with Crippen LogP contribution in [0.2, 0.25) is 0 Å². The average Bonchev–Trinajstić information content (AvgIpc) is 2.58. The maximum absolute atomic E-state index is 9.86. The minimum absolute atomic E-state index is 0.0698. The van der Waals surface area contributed by atoms with Gasteiger partial charge in [0.15, 0.2) is 0 Å². The number of hydrogen-bond donors (Lipinski definition) is 2. The summed E-state index contributed by atoms with van der Waals surface area (Å²) in [5.41, 5.74) is 0.511. The number of aliphatic imine (C=N–C) groups is 1. The highest BCUT2D eigenvalue weighted by atomic mass is 16.3. The lowest BCUT2D eigenvalue weighted by Gasteiger charge is -2.27. The third-order valence-corrected chi connectivity index (χ3v) is 4.98. The Morgan fingerprint density at radius 2 is 1.74 bits per heavy atom. The Hall–Kier alpha value is -1.51. The molecule has 23 heavy (non-hydrogen) atoms. The lowest BCUT2D eigenvalue weighted by Crippen LogP contribution is -2.23. The Morgan fingerprint density at radius 1 is 1.13 bits per heavy atom. The van der Waals surface area contributed by atoms with Crippen LogP contribution >= 0.6 is 0 Å². The topological polar surface area (TPSA) is 52.8 Å². The first-order valence-corrected chi connectivity index (χ1v) is 8.82. The van der Waals surface area contributed by atoms with E-state index in [2.05, 4.69) is 27.7 Å². The molecule has 128 valence electrons. The molecule has 0 aromatic heterocycles. The zero-order chi connectivity index (χ0) is 17.0. The van der Waals surface area contributed by atoms with Gasteiger partial charge in [-0.1, -0.05) is 26.7 Å². The van der Waals surface area contributed by atoms with Crippen LogP contribution in [0.4, 0.5) is 0 Å². The first kappa shape index (κ1) is 17.8. The van der Waals surface area contributed by atoms with Gasteiger partial charge in [-0.3, -0.25) is 4.99 Å². The van der Waals surface area contributed by atoms with Crippen LogP contribution in [0.5, 0.6) is 11.5 Å². The van der Waals surface area contributed by atoms with Crippen molar-refractivity contribution < 1.29 is 10.2 Å². The van der Waals surface area contributed by atoms with Crippen molar-refractivity contribution >= 4 is 6.21 Å². The van der Waals surface area contributed by atoms with Gasteiger partial charge in [-0.2, -0.15) is 0 Å². The maximum Gasteiger partial charge on any atom is 0.128 e. The predicted octanol–water partition coefficient (Wildman–Crippen LogP) is 5.15. The van der Waals surface area contributed by atoms with Crippen molar-refractivity contribution in [1.82, 2.24) is 0 Å². The summed E-state index contributed by atoms with van der Waals surface area (Å²) in [6, 6.07) is 4.62. The third kappa shape index (κ3) is 5.56. The number of phenols is 2. The Bertz CT molecular complexity index is 539. The molecule has 1 saturated carbocycles. The second-order valence-corrected chi connectivity index (χ2v) is 8.14. The Kier molecular flexibility index (Phi) is 5.72. The number of hydrogen-bond acceptors (Lipinski definition) is 3. The fraction of sp³-hybridized carbons (Fsp3) is 0.650. The number of nitrogens with zero attached hydrogens (tertiary/aromatic N) is 1. The van der Waals surface area contributed by atoms with Gasteiger partial charge in [0.25, 0.3) is 0 Å². The van der Waals surface area contributed by atoms with Crippen molar-refractivity contribution in [3.63, 3.8) is 0 Å². The second kappa shape index (κ2) is 7.37. The zero-order valence-electron chi connectivity index (χ0n) is 14.9. The van der Waals surface area contributed by atoms with Gasteiger partial charge < -0.3 is 10.2 Å². The summed E-state index contributed by atoms with van der Waals surface area (Å²) in [6.45, 7) is 9.08. The van der Waals surface area contributed by atoms with E-state index in [-0.39, 0.29) is 17.0 Å². The van der Waals surface area contributed by atoms with Crippen LogP contribution in [0, 0.1) is 17.8 Å². The van der Waals surface area contributed by atoms with E-state index in [4.69, 9.17) is 4.99 Å². The zero-order valence-corrected chi connectivity index (χ0v) is 14.9. The molecule has 3 nitrogen and oxygen atoms in total. The maximum atomic E-state index is 9.86. The monoisotopic (exact) mass is 317 g/mol. The molecule has 0 aliphatic heterocycles. The van der Waals surface area contributed by atoms with E-state index in [1.54, 1.807) is 18.3 Å². The van der Waals surface area contributed by atoms with Crippen LogP contribution in [0.3, 0.4) is 0 Å². The van der Waals surface area contributed by atoms with Gasteiger partial charge in [0.2, 0.25) is 0 Å². The summed E-state index contributed by atoms with van der Waals surface area (Å²) in [5, 5.41) is 19.2. The van der Waals surface area contributed by atoms with Crippen LogP contribution in [0.25, 0.3) is 0 Å². The van der Waals surface area contributed by atoms with Crippen LogP contribution in [0.1, 0.15) is 65.4 Å². The Labute approximate surface area is 140 Å². The van der Waals surface area contributed by atoms with Crippen LogP contribution < -0.4 is 0 Å². The molecule has 1 aromatic carbocycles. The normalized spacial score (nSPS) is 26.3. The molecule has 0 radical (unpaired) electrons. The van der Waals surface area contributed by atoms with Crippen molar-refractivity contribution in [2.45, 2.75) is 65.3 Å². The standard InChI is InChI=1S/C20H31NO2/c1-14-5-6-15(2)10-16(9-14)12-20(3,4)21-13-17-7-8-18(22)11-19(17)23/h7-8,11,13-16,22-23H,5-6,9-10,12H2,1-4H3. The fourth-order valence-electron chi connectivity index (χ4n) is 3.85. The molecule has 0 heterocycles. The minimum Gasteiger partial charge on any atom is -0.508 e. The van der Waals surface area contributed by atoms with Gasteiger partial charge in [0, 0.05) is 17.8 Å². The number of benzene rings is 1. The van der Waals surface area contributed by atoms with Crippen molar-refractivity contribution in [2.24, 2.45) is 22.7 Å². The quantitative estimate of drug-likeness (QED) is 0.596. The number of rotatable bonds is 4. The molecular formula is C20H31NO2. The van der Waals surface area contributed by atoms with E-state index in [1.165, 1.54) is 31.7 Å².